The second-order valence-corrected chi connectivity index (χ2v) is 11.1. The Morgan fingerprint density at radius 2 is 1.93 bits per heavy atom. The fourth-order valence-corrected chi connectivity index (χ4v) is 5.75. The molecule has 5 rings (SSSR count). The largest absolute Gasteiger partial charge is 0.514 e. The van der Waals surface area contributed by atoms with E-state index < -0.39 is 58.0 Å². The molecule has 3 aliphatic heterocycles. The Labute approximate surface area is 262 Å². The average Bonchev–Trinajstić information content (AvgIpc) is 3.41. The number of benzene rings is 1. The van der Waals surface area contributed by atoms with Crippen LogP contribution in [0.1, 0.15) is 58.6 Å². The number of halogens is 2. The average molecular weight is 649 g/mol. The molecule has 248 valence electrons. The second kappa shape index (κ2) is 13.8. The van der Waals surface area contributed by atoms with Crippen molar-refractivity contribution in [2.75, 3.05) is 47.2 Å². The monoisotopic (exact) mass is 648 g/mol. The summed E-state index contributed by atoms with van der Waals surface area (Å²) in [7, 11) is 2.96. The van der Waals surface area contributed by atoms with Crippen LogP contribution < -0.4 is 15.5 Å². The Hall–Kier alpha value is -4.57. The fourth-order valence-electron chi connectivity index (χ4n) is 5.75. The van der Waals surface area contributed by atoms with Gasteiger partial charge in [-0.2, -0.15) is 0 Å². The maximum atomic E-state index is 14.3. The van der Waals surface area contributed by atoms with Crippen LogP contribution in [0.2, 0.25) is 0 Å². The van der Waals surface area contributed by atoms with Crippen molar-refractivity contribution in [1.29, 1.82) is 0 Å². The van der Waals surface area contributed by atoms with E-state index in [4.69, 9.17) is 28.5 Å². The van der Waals surface area contributed by atoms with E-state index in [2.05, 4.69) is 10.5 Å². The summed E-state index contributed by atoms with van der Waals surface area (Å²) in [5.74, 6) is -3.65. The lowest BCUT2D eigenvalue weighted by molar-refractivity contribution is -0.0655. The van der Waals surface area contributed by atoms with Crippen molar-refractivity contribution in [3.05, 3.63) is 63.1 Å². The minimum absolute atomic E-state index is 0.00588. The van der Waals surface area contributed by atoms with Gasteiger partial charge in [0, 0.05) is 44.1 Å². The molecule has 0 unspecified atom stereocenters. The van der Waals surface area contributed by atoms with Gasteiger partial charge in [-0.15, -0.1) is 0 Å². The number of fused-ring (bicyclic) bond motifs is 5. The molecule has 0 saturated carbocycles. The lowest BCUT2D eigenvalue weighted by Crippen LogP contribution is -2.52. The first-order chi connectivity index (χ1) is 22.1. The minimum atomic E-state index is -1.30. The van der Waals surface area contributed by atoms with Gasteiger partial charge in [-0.25, -0.2) is 13.6 Å². The number of pyridine rings is 1. The zero-order chi connectivity index (χ0) is 33.0. The first-order valence-electron chi connectivity index (χ1n) is 14.6. The summed E-state index contributed by atoms with van der Waals surface area (Å²) < 4.78 is 55.0. The highest BCUT2D eigenvalue weighted by molar-refractivity contribution is 6.00. The number of aromatic nitrogens is 1. The number of nitrogens with zero attached hydrogens (tertiary/aromatic N) is 3. The third-order valence-corrected chi connectivity index (χ3v) is 8.27. The molecule has 1 N–H and O–H groups in total. The van der Waals surface area contributed by atoms with Crippen LogP contribution in [0.15, 0.2) is 34.3 Å². The molecular formula is C30H34F2N4O10. The Morgan fingerprint density at radius 3 is 2.65 bits per heavy atom. The number of hydrogen-bond donors (Lipinski definition) is 1. The van der Waals surface area contributed by atoms with Crippen LogP contribution in [-0.2, 0) is 30.3 Å². The number of carbonyl (C=O) groups excluding carboxylic acids is 3. The van der Waals surface area contributed by atoms with Crippen molar-refractivity contribution < 1.29 is 51.7 Å². The predicted molar refractivity (Wildman–Crippen MR) is 155 cm³/mol. The highest BCUT2D eigenvalue weighted by Crippen LogP contribution is 2.46. The van der Waals surface area contributed by atoms with E-state index in [1.807, 2.05) is 6.92 Å². The van der Waals surface area contributed by atoms with Gasteiger partial charge in [0.2, 0.25) is 17.1 Å². The molecule has 1 fully saturated rings. The highest BCUT2D eigenvalue weighted by atomic mass is 19.1. The third-order valence-electron chi connectivity index (χ3n) is 8.27. The third kappa shape index (κ3) is 6.53. The molecule has 1 aromatic heterocycles. The van der Waals surface area contributed by atoms with Crippen molar-refractivity contribution in [3.8, 4) is 5.75 Å². The van der Waals surface area contributed by atoms with Crippen LogP contribution in [0, 0.1) is 11.6 Å². The van der Waals surface area contributed by atoms with Crippen LogP contribution >= 0.6 is 0 Å². The molecule has 0 aliphatic carbocycles. The topological polar surface area (TPSA) is 156 Å². The maximum absolute atomic E-state index is 14.3. The van der Waals surface area contributed by atoms with Gasteiger partial charge in [0.25, 0.3) is 11.8 Å². The summed E-state index contributed by atoms with van der Waals surface area (Å²) >= 11 is 0. The Morgan fingerprint density at radius 1 is 1.15 bits per heavy atom. The fraction of sp³-hybridized carbons (Fsp3) is 0.500. The molecule has 14 nitrogen and oxygen atoms in total. The van der Waals surface area contributed by atoms with Crippen LogP contribution in [-0.4, -0.2) is 92.2 Å². The van der Waals surface area contributed by atoms with Crippen molar-refractivity contribution in [2.24, 2.45) is 5.16 Å². The number of nitrogens with one attached hydrogen (secondary N) is 1. The van der Waals surface area contributed by atoms with Crippen LogP contribution in [0.4, 0.5) is 13.6 Å². The minimum Gasteiger partial charge on any atom is -0.482 e. The number of oxime groups is 1. The normalized spacial score (nSPS) is 21.6. The number of carbonyl (C=O) groups is 3. The highest BCUT2D eigenvalue weighted by Gasteiger charge is 2.55. The zero-order valence-electron chi connectivity index (χ0n) is 25.5. The number of hydrogen-bond acceptors (Lipinski definition) is 11. The molecule has 3 aliphatic rings. The van der Waals surface area contributed by atoms with E-state index in [-0.39, 0.29) is 56.6 Å². The van der Waals surface area contributed by atoms with Gasteiger partial charge in [0.05, 0.1) is 39.4 Å². The molecule has 0 radical (unpaired) electrons. The van der Waals surface area contributed by atoms with E-state index in [0.717, 1.165) is 12.1 Å². The van der Waals surface area contributed by atoms with E-state index in [9.17, 15) is 28.0 Å². The summed E-state index contributed by atoms with van der Waals surface area (Å²) in [5.41, 5.74) is -2.92. The molecule has 2 bridgehead atoms. The van der Waals surface area contributed by atoms with Gasteiger partial charge in [-0.1, -0.05) is 11.2 Å². The van der Waals surface area contributed by atoms with Crippen molar-refractivity contribution >= 4 is 23.9 Å². The van der Waals surface area contributed by atoms with E-state index >= 15 is 0 Å². The van der Waals surface area contributed by atoms with E-state index in [1.54, 1.807) is 4.90 Å². The number of ether oxygens (including phenoxy) is 5. The molecule has 1 spiro atoms. The maximum Gasteiger partial charge on any atom is 0.514 e. The first kappa shape index (κ1) is 32.8. The molecule has 2 amide bonds. The molecular weight excluding hydrogens is 614 g/mol. The first-order valence-corrected chi connectivity index (χ1v) is 14.6. The smallest absolute Gasteiger partial charge is 0.482 e. The number of rotatable bonds is 10. The SMILES string of the molecule is COCCOCCOC(=O)Oc1c2n(cc(C(=O)NCc3ccc(F)cc3F)c1=O)[C@@H]1CN(C2=O)[C@@H](C)CC[C@]12CC(OC)=NO2. The van der Waals surface area contributed by atoms with Crippen molar-refractivity contribution in [2.45, 2.75) is 50.4 Å². The second-order valence-electron chi connectivity index (χ2n) is 11.1. The molecule has 46 heavy (non-hydrogen) atoms. The number of methoxy groups -OCH3 is 2. The Bertz CT molecular complexity index is 1600. The molecule has 2 aromatic rings. The molecule has 1 aromatic carbocycles. The summed E-state index contributed by atoms with van der Waals surface area (Å²) in [6, 6.07) is 1.86. The summed E-state index contributed by atoms with van der Waals surface area (Å²) in [5, 5.41) is 6.51. The standard InChI is InChI=1S/C30H34F2N4O10/c1-17-6-7-30(13-23(42-3)34-46-30)22-16-35(17)28(39)24-26(45-29(40)44-11-10-43-9-8-41-2)25(37)20(15-36(22)24)27(38)33-14-18-4-5-19(31)12-21(18)32/h4-5,12,15,17,22H,6-11,13-14,16H2,1-3H3,(H,33,38)/t17-,22+,30-/m0/s1. The lowest BCUT2D eigenvalue weighted by atomic mass is 9.85. The molecule has 1 saturated heterocycles. The van der Waals surface area contributed by atoms with Crippen LogP contribution in [0.3, 0.4) is 0 Å². The van der Waals surface area contributed by atoms with Gasteiger partial charge in [-0.3, -0.25) is 14.4 Å². The lowest BCUT2D eigenvalue weighted by Gasteiger charge is -2.41. The summed E-state index contributed by atoms with van der Waals surface area (Å²) in [6.45, 7) is 1.95. The number of amides is 2. The summed E-state index contributed by atoms with van der Waals surface area (Å²) in [4.78, 5) is 61.5. The zero-order valence-corrected chi connectivity index (χ0v) is 25.5. The molecule has 16 heteroatoms. The quantitative estimate of drug-likeness (QED) is 0.300. The molecule has 3 atom stereocenters. The Kier molecular flexibility index (Phi) is 9.86. The van der Waals surface area contributed by atoms with Crippen molar-refractivity contribution in [1.82, 2.24) is 14.8 Å². The predicted octanol–water partition coefficient (Wildman–Crippen LogP) is 2.53. The van der Waals surface area contributed by atoms with E-state index in [1.165, 1.54) is 25.0 Å². The van der Waals surface area contributed by atoms with Crippen LogP contribution in [0.25, 0.3) is 0 Å². The summed E-state index contributed by atoms with van der Waals surface area (Å²) in [6.07, 6.45) is 1.09. The van der Waals surface area contributed by atoms with E-state index in [0.29, 0.717) is 31.4 Å². The molecule has 4 heterocycles. The van der Waals surface area contributed by atoms with Crippen molar-refractivity contribution in [3.63, 3.8) is 0 Å². The van der Waals surface area contributed by atoms with Gasteiger partial charge in [-0.05, 0) is 25.8 Å². The van der Waals surface area contributed by atoms with Crippen LogP contribution in [0.5, 0.6) is 5.75 Å². The Balaban J connectivity index is 1.53. The van der Waals surface area contributed by atoms with Gasteiger partial charge >= 0.3 is 6.16 Å². The van der Waals surface area contributed by atoms with Gasteiger partial charge < -0.3 is 43.3 Å². The van der Waals surface area contributed by atoms with Gasteiger partial charge in [0.15, 0.2) is 11.3 Å². The van der Waals surface area contributed by atoms with Gasteiger partial charge in [0.1, 0.15) is 23.8 Å².